The van der Waals surface area contributed by atoms with E-state index in [-0.39, 0.29) is 18.3 Å². The standard InChI is InChI=1S/C13H19ClN2O.ClH/c1-10(8-15-2)9-16-13(17)7-11-4-3-5-12(14)6-11;/h3-6,10,15H,7-9H2,1-2H3,(H,16,17);1H. The molecule has 1 atom stereocenters. The first kappa shape index (κ1) is 17.2. The topological polar surface area (TPSA) is 41.1 Å². The third-order valence-electron chi connectivity index (χ3n) is 2.45. The van der Waals surface area contributed by atoms with E-state index in [1.807, 2.05) is 25.2 Å². The van der Waals surface area contributed by atoms with Gasteiger partial charge >= 0.3 is 0 Å². The Kier molecular flexibility index (Phi) is 8.81. The molecule has 0 radical (unpaired) electrons. The van der Waals surface area contributed by atoms with E-state index >= 15 is 0 Å². The first-order valence-corrected chi connectivity index (χ1v) is 6.15. The number of hydrogen-bond acceptors (Lipinski definition) is 2. The van der Waals surface area contributed by atoms with Crippen molar-refractivity contribution in [1.29, 1.82) is 0 Å². The van der Waals surface area contributed by atoms with Crippen LogP contribution in [0.3, 0.4) is 0 Å². The Labute approximate surface area is 120 Å². The van der Waals surface area contributed by atoms with E-state index in [1.165, 1.54) is 0 Å². The Bertz CT molecular complexity index is 372. The van der Waals surface area contributed by atoms with Gasteiger partial charge in [0.2, 0.25) is 5.91 Å². The Hall–Kier alpha value is -0.770. The van der Waals surface area contributed by atoms with Crippen molar-refractivity contribution in [1.82, 2.24) is 10.6 Å². The Morgan fingerprint density at radius 1 is 1.39 bits per heavy atom. The zero-order valence-electron chi connectivity index (χ0n) is 10.7. The van der Waals surface area contributed by atoms with Gasteiger partial charge in [-0.3, -0.25) is 4.79 Å². The third-order valence-corrected chi connectivity index (χ3v) is 2.69. The van der Waals surface area contributed by atoms with E-state index in [2.05, 4.69) is 17.6 Å². The number of nitrogens with one attached hydrogen (secondary N) is 2. The van der Waals surface area contributed by atoms with Crippen molar-refractivity contribution in [2.75, 3.05) is 20.1 Å². The Morgan fingerprint density at radius 2 is 2.11 bits per heavy atom. The monoisotopic (exact) mass is 290 g/mol. The Balaban J connectivity index is 0.00000289. The van der Waals surface area contributed by atoms with Gasteiger partial charge < -0.3 is 10.6 Å². The average Bonchev–Trinajstić information content (AvgIpc) is 2.27. The van der Waals surface area contributed by atoms with Crippen LogP contribution in [0, 0.1) is 5.92 Å². The first-order valence-electron chi connectivity index (χ1n) is 5.77. The summed E-state index contributed by atoms with van der Waals surface area (Å²) in [5, 5.41) is 6.66. The lowest BCUT2D eigenvalue weighted by atomic mass is 10.1. The highest BCUT2D eigenvalue weighted by molar-refractivity contribution is 6.30. The molecule has 1 unspecified atom stereocenters. The van der Waals surface area contributed by atoms with Crippen LogP contribution in [0.25, 0.3) is 0 Å². The molecule has 0 aliphatic heterocycles. The molecule has 5 heteroatoms. The van der Waals surface area contributed by atoms with Crippen LogP contribution in [0.15, 0.2) is 24.3 Å². The molecule has 0 heterocycles. The lowest BCUT2D eigenvalue weighted by Crippen LogP contribution is -2.33. The van der Waals surface area contributed by atoms with Crippen molar-refractivity contribution in [3.8, 4) is 0 Å². The molecule has 1 aromatic rings. The number of hydrogen-bond donors (Lipinski definition) is 2. The molecule has 0 bridgehead atoms. The van der Waals surface area contributed by atoms with Crippen molar-refractivity contribution >= 4 is 29.9 Å². The van der Waals surface area contributed by atoms with Gasteiger partial charge in [-0.05, 0) is 37.2 Å². The smallest absolute Gasteiger partial charge is 0.224 e. The second-order valence-electron chi connectivity index (χ2n) is 4.27. The highest BCUT2D eigenvalue weighted by Gasteiger charge is 2.06. The van der Waals surface area contributed by atoms with Gasteiger partial charge in [0.25, 0.3) is 0 Å². The van der Waals surface area contributed by atoms with Gasteiger partial charge in [-0.1, -0.05) is 30.7 Å². The predicted octanol–water partition coefficient (Wildman–Crippen LogP) is 2.28. The summed E-state index contributed by atoms with van der Waals surface area (Å²) in [5.41, 5.74) is 0.941. The van der Waals surface area contributed by atoms with E-state index in [1.54, 1.807) is 6.07 Å². The second-order valence-corrected chi connectivity index (χ2v) is 4.71. The molecule has 1 rings (SSSR count). The van der Waals surface area contributed by atoms with E-state index in [4.69, 9.17) is 11.6 Å². The van der Waals surface area contributed by atoms with Gasteiger partial charge in [0.05, 0.1) is 6.42 Å². The van der Waals surface area contributed by atoms with E-state index < -0.39 is 0 Å². The molecule has 18 heavy (non-hydrogen) atoms. The van der Waals surface area contributed by atoms with Gasteiger partial charge in [-0.25, -0.2) is 0 Å². The summed E-state index contributed by atoms with van der Waals surface area (Å²) in [7, 11) is 1.91. The molecule has 0 spiro atoms. The first-order chi connectivity index (χ1) is 8.11. The fourth-order valence-electron chi connectivity index (χ4n) is 1.60. The van der Waals surface area contributed by atoms with Gasteiger partial charge in [0, 0.05) is 11.6 Å². The SMILES string of the molecule is CNCC(C)CNC(=O)Cc1cccc(Cl)c1.Cl. The number of rotatable bonds is 6. The van der Waals surface area contributed by atoms with Gasteiger partial charge in [0.1, 0.15) is 0 Å². The highest BCUT2D eigenvalue weighted by atomic mass is 35.5. The normalized spacial score (nSPS) is 11.5. The van der Waals surface area contributed by atoms with Crippen molar-refractivity contribution < 1.29 is 4.79 Å². The van der Waals surface area contributed by atoms with Crippen LogP contribution in [0.2, 0.25) is 5.02 Å². The lowest BCUT2D eigenvalue weighted by Gasteiger charge is -2.11. The van der Waals surface area contributed by atoms with Crippen LogP contribution in [0.4, 0.5) is 0 Å². The van der Waals surface area contributed by atoms with Gasteiger partial charge in [-0.15, -0.1) is 12.4 Å². The zero-order valence-corrected chi connectivity index (χ0v) is 12.3. The molecule has 0 saturated heterocycles. The minimum atomic E-state index is 0. The second kappa shape index (κ2) is 9.20. The number of carbonyl (C=O) groups is 1. The summed E-state index contributed by atoms with van der Waals surface area (Å²) in [5.74, 6) is 0.471. The highest BCUT2D eigenvalue weighted by Crippen LogP contribution is 2.10. The van der Waals surface area contributed by atoms with Crippen LogP contribution in [0.5, 0.6) is 0 Å². The summed E-state index contributed by atoms with van der Waals surface area (Å²) in [4.78, 5) is 11.7. The maximum absolute atomic E-state index is 11.7. The summed E-state index contributed by atoms with van der Waals surface area (Å²) in [6.07, 6.45) is 0.382. The number of halogens is 2. The van der Waals surface area contributed by atoms with Crippen LogP contribution in [-0.4, -0.2) is 26.0 Å². The molecule has 1 aromatic carbocycles. The van der Waals surface area contributed by atoms with Crippen LogP contribution < -0.4 is 10.6 Å². The molecule has 0 saturated carbocycles. The average molecular weight is 291 g/mol. The summed E-state index contributed by atoms with van der Waals surface area (Å²) in [6.45, 7) is 3.69. The van der Waals surface area contributed by atoms with E-state index in [9.17, 15) is 4.79 Å². The maximum atomic E-state index is 11.7. The van der Waals surface area contributed by atoms with Gasteiger partial charge in [-0.2, -0.15) is 0 Å². The number of benzene rings is 1. The molecular weight excluding hydrogens is 271 g/mol. The van der Waals surface area contributed by atoms with E-state index in [0.29, 0.717) is 23.9 Å². The molecule has 102 valence electrons. The summed E-state index contributed by atoms with van der Waals surface area (Å²) >= 11 is 5.86. The molecular formula is C13H20Cl2N2O. The van der Waals surface area contributed by atoms with Crippen LogP contribution >= 0.6 is 24.0 Å². The Morgan fingerprint density at radius 3 is 2.72 bits per heavy atom. The van der Waals surface area contributed by atoms with E-state index in [0.717, 1.165) is 12.1 Å². The quantitative estimate of drug-likeness (QED) is 0.844. The minimum Gasteiger partial charge on any atom is -0.355 e. The predicted molar refractivity (Wildman–Crippen MR) is 78.5 cm³/mol. The summed E-state index contributed by atoms with van der Waals surface area (Å²) in [6, 6.07) is 7.38. The van der Waals surface area contributed by atoms with Crippen LogP contribution in [0.1, 0.15) is 12.5 Å². The minimum absolute atomic E-state index is 0. The van der Waals surface area contributed by atoms with Crippen molar-refractivity contribution in [3.05, 3.63) is 34.9 Å². The van der Waals surface area contributed by atoms with Crippen molar-refractivity contribution in [3.63, 3.8) is 0 Å². The maximum Gasteiger partial charge on any atom is 0.224 e. The zero-order chi connectivity index (χ0) is 12.7. The molecule has 0 fully saturated rings. The molecule has 0 aliphatic carbocycles. The fraction of sp³-hybridized carbons (Fsp3) is 0.462. The van der Waals surface area contributed by atoms with Crippen molar-refractivity contribution in [2.45, 2.75) is 13.3 Å². The molecule has 2 N–H and O–H groups in total. The molecule has 3 nitrogen and oxygen atoms in total. The van der Waals surface area contributed by atoms with Crippen molar-refractivity contribution in [2.24, 2.45) is 5.92 Å². The third kappa shape index (κ3) is 6.84. The number of carbonyl (C=O) groups excluding carboxylic acids is 1. The molecule has 0 aromatic heterocycles. The largest absolute Gasteiger partial charge is 0.355 e. The fourth-order valence-corrected chi connectivity index (χ4v) is 1.82. The summed E-state index contributed by atoms with van der Waals surface area (Å²) < 4.78 is 0. The molecule has 0 aliphatic rings. The lowest BCUT2D eigenvalue weighted by molar-refractivity contribution is -0.120. The van der Waals surface area contributed by atoms with Crippen LogP contribution in [-0.2, 0) is 11.2 Å². The molecule has 1 amide bonds. The number of amides is 1. The van der Waals surface area contributed by atoms with Gasteiger partial charge in [0.15, 0.2) is 0 Å².